The van der Waals surface area contributed by atoms with Gasteiger partial charge in [0, 0.05) is 18.3 Å². The summed E-state index contributed by atoms with van der Waals surface area (Å²) in [6.07, 6.45) is 4.90. The topological polar surface area (TPSA) is 91.3 Å². The zero-order valence-electron chi connectivity index (χ0n) is 24.8. The van der Waals surface area contributed by atoms with Gasteiger partial charge < -0.3 is 14.2 Å². The van der Waals surface area contributed by atoms with Gasteiger partial charge in [-0.3, -0.25) is 0 Å². The summed E-state index contributed by atoms with van der Waals surface area (Å²) in [6.45, 7) is 25.4. The first kappa shape index (κ1) is 29.1. The Morgan fingerprint density at radius 1 is 0.892 bits per heavy atom. The van der Waals surface area contributed by atoms with Gasteiger partial charge in [-0.2, -0.15) is 9.78 Å². The van der Waals surface area contributed by atoms with E-state index in [9.17, 15) is 4.79 Å². The number of rotatable bonds is 8. The second kappa shape index (κ2) is 9.99. The van der Waals surface area contributed by atoms with Crippen molar-refractivity contribution in [2.75, 3.05) is 13.2 Å². The molecule has 2 saturated carbocycles. The van der Waals surface area contributed by atoms with E-state index in [0.717, 1.165) is 31.2 Å². The molecule has 0 saturated heterocycles. The van der Waals surface area contributed by atoms with Crippen molar-refractivity contribution in [2.45, 2.75) is 94.6 Å². The lowest BCUT2D eigenvalue weighted by Crippen LogP contribution is -2.27. The lowest BCUT2D eigenvalue weighted by molar-refractivity contribution is 0.0511. The van der Waals surface area contributed by atoms with Crippen LogP contribution in [0.3, 0.4) is 0 Å². The summed E-state index contributed by atoms with van der Waals surface area (Å²) in [7, 11) is 0. The molecule has 0 radical (unpaired) electrons. The Kier molecular flexibility index (Phi) is 7.84. The van der Waals surface area contributed by atoms with Gasteiger partial charge >= 0.3 is 6.09 Å². The average Bonchev–Trinajstić information content (AvgIpc) is 3.27. The second-order valence-corrected chi connectivity index (χ2v) is 13.8. The van der Waals surface area contributed by atoms with E-state index in [2.05, 4.69) is 70.7 Å². The smallest absolute Gasteiger partial charge is 0.435 e. The van der Waals surface area contributed by atoms with Crippen LogP contribution in [-0.4, -0.2) is 44.9 Å². The van der Waals surface area contributed by atoms with Crippen LogP contribution < -0.4 is 9.47 Å². The lowest BCUT2D eigenvalue weighted by atomic mass is 10.0. The predicted octanol–water partition coefficient (Wildman–Crippen LogP) is 6.98. The number of H-pyrrole nitrogens is 1. The summed E-state index contributed by atoms with van der Waals surface area (Å²) in [5.74, 6) is 2.66. The zero-order valence-corrected chi connectivity index (χ0v) is 24.8. The number of aromatic amines is 1. The highest BCUT2D eigenvalue weighted by Gasteiger charge is 2.64. The van der Waals surface area contributed by atoms with Crippen LogP contribution in [0.15, 0.2) is 24.5 Å². The highest BCUT2D eigenvalue weighted by molar-refractivity contribution is 5.69. The van der Waals surface area contributed by atoms with Crippen molar-refractivity contribution in [3.05, 3.63) is 24.5 Å². The van der Waals surface area contributed by atoms with E-state index >= 15 is 0 Å². The van der Waals surface area contributed by atoms with Gasteiger partial charge in [0.2, 0.25) is 11.8 Å². The third kappa shape index (κ3) is 6.32. The predicted molar refractivity (Wildman–Crippen MR) is 145 cm³/mol. The van der Waals surface area contributed by atoms with E-state index in [0.29, 0.717) is 40.1 Å². The summed E-state index contributed by atoms with van der Waals surface area (Å²) in [6, 6.07) is 3.54. The first-order valence-electron chi connectivity index (χ1n) is 13.5. The lowest BCUT2D eigenvalue weighted by Gasteiger charge is -2.18. The van der Waals surface area contributed by atoms with Gasteiger partial charge in [0.05, 0.1) is 19.4 Å². The normalized spacial score (nSPS) is 20.9. The molecule has 2 aliphatic carbocycles. The number of ether oxygens (including phenoxy) is 3. The first-order chi connectivity index (χ1) is 16.9. The molecule has 1 N–H and O–H groups in total. The fraction of sp³-hybridized carbons (Fsp3) is 0.759. The van der Waals surface area contributed by atoms with E-state index in [4.69, 9.17) is 14.2 Å². The zero-order chi connectivity index (χ0) is 27.9. The molecule has 8 nitrogen and oxygen atoms in total. The van der Waals surface area contributed by atoms with Crippen LogP contribution in [0.1, 0.15) is 89.0 Å². The molecule has 2 aromatic rings. The van der Waals surface area contributed by atoms with Gasteiger partial charge in [0.25, 0.3) is 0 Å². The van der Waals surface area contributed by atoms with Gasteiger partial charge in [-0.15, -0.1) is 5.10 Å². The maximum Gasteiger partial charge on any atom is 0.435 e. The maximum absolute atomic E-state index is 11.9. The van der Waals surface area contributed by atoms with Crippen molar-refractivity contribution >= 4 is 6.09 Å². The van der Waals surface area contributed by atoms with Crippen LogP contribution in [0, 0.1) is 33.5 Å². The van der Waals surface area contributed by atoms with Gasteiger partial charge in [0.15, 0.2) is 0 Å². The SMILES string of the molecule is CC(C)(C)OC(=O)n1ccc(OCCC2C(C)(C)C2(C)C)n1.CC1(C)C(CCOc2ccn[nH]2)C1(C)C. The van der Waals surface area contributed by atoms with Crippen molar-refractivity contribution in [1.82, 2.24) is 20.0 Å². The number of carbonyl (C=O) groups excluding carboxylic acids is 1. The van der Waals surface area contributed by atoms with Crippen LogP contribution in [-0.2, 0) is 4.74 Å². The van der Waals surface area contributed by atoms with E-state index in [1.807, 2.05) is 26.8 Å². The molecule has 37 heavy (non-hydrogen) atoms. The third-order valence-electron chi connectivity index (χ3n) is 9.58. The molecule has 2 heterocycles. The molecule has 0 aliphatic heterocycles. The van der Waals surface area contributed by atoms with E-state index < -0.39 is 11.7 Å². The first-order valence-corrected chi connectivity index (χ1v) is 13.5. The molecule has 8 heteroatoms. The van der Waals surface area contributed by atoms with Gasteiger partial charge in [-0.25, -0.2) is 9.89 Å². The Hall–Kier alpha value is -2.51. The Morgan fingerprint density at radius 2 is 1.41 bits per heavy atom. The summed E-state index contributed by atoms with van der Waals surface area (Å²) in [5, 5.41) is 10.7. The van der Waals surface area contributed by atoms with Crippen LogP contribution >= 0.6 is 0 Å². The third-order valence-corrected chi connectivity index (χ3v) is 9.58. The van der Waals surface area contributed by atoms with Crippen molar-refractivity contribution in [2.24, 2.45) is 33.5 Å². The highest BCUT2D eigenvalue weighted by atomic mass is 16.6. The van der Waals surface area contributed by atoms with Crippen molar-refractivity contribution in [3.8, 4) is 11.8 Å². The van der Waals surface area contributed by atoms with Crippen LogP contribution in [0.25, 0.3) is 0 Å². The summed E-state index contributed by atoms with van der Waals surface area (Å²) in [5.41, 5.74) is 1.13. The van der Waals surface area contributed by atoms with E-state index in [-0.39, 0.29) is 0 Å². The second-order valence-electron chi connectivity index (χ2n) is 13.8. The molecule has 0 atom stereocenters. The van der Waals surface area contributed by atoms with Crippen molar-refractivity contribution in [3.63, 3.8) is 0 Å². The largest absolute Gasteiger partial charge is 0.478 e. The molecule has 208 valence electrons. The number of nitrogens with zero attached hydrogens (tertiary/aromatic N) is 3. The van der Waals surface area contributed by atoms with E-state index in [1.54, 1.807) is 18.5 Å². The number of hydrogen-bond donors (Lipinski definition) is 1. The molecule has 2 aromatic heterocycles. The standard InChI is InChI=1S/C17H28N2O3.C12H20N2O/c1-15(2,3)22-14(20)19-10-8-13(18-19)21-11-9-12-16(4,5)17(12,6)7;1-11(2)9(12(11,3)4)6-8-15-10-5-7-13-14-10/h8,10,12H,9,11H2,1-7H3;5,7,9H,6,8H2,1-4H3,(H,13,14). The number of hydrogen-bond acceptors (Lipinski definition) is 6. The maximum atomic E-state index is 11.9. The van der Waals surface area contributed by atoms with Crippen molar-refractivity contribution in [1.29, 1.82) is 0 Å². The average molecular weight is 517 g/mol. The minimum absolute atomic E-state index is 0.367. The molecule has 0 amide bonds. The van der Waals surface area contributed by atoms with Crippen LogP contribution in [0.5, 0.6) is 11.8 Å². The number of aromatic nitrogens is 4. The molecule has 4 rings (SSSR count). The molecule has 2 fully saturated rings. The molecule has 0 spiro atoms. The van der Waals surface area contributed by atoms with Crippen LogP contribution in [0.4, 0.5) is 4.79 Å². The van der Waals surface area contributed by atoms with Crippen LogP contribution in [0.2, 0.25) is 0 Å². The Balaban J connectivity index is 0.000000220. The van der Waals surface area contributed by atoms with Gasteiger partial charge in [-0.1, -0.05) is 55.4 Å². The number of nitrogens with one attached hydrogen (secondary N) is 1. The highest BCUT2D eigenvalue weighted by Crippen LogP contribution is 2.70. The number of carbonyl (C=O) groups is 1. The minimum Gasteiger partial charge on any atom is -0.478 e. The quantitative estimate of drug-likeness (QED) is 0.407. The van der Waals surface area contributed by atoms with Crippen molar-refractivity contribution < 1.29 is 19.0 Å². The molecule has 0 unspecified atom stereocenters. The summed E-state index contributed by atoms with van der Waals surface area (Å²) < 4.78 is 17.7. The molecular formula is C29H48N4O4. The summed E-state index contributed by atoms with van der Waals surface area (Å²) >= 11 is 0. The fourth-order valence-corrected chi connectivity index (χ4v) is 5.80. The molecule has 0 bridgehead atoms. The Labute approximate surface area is 222 Å². The van der Waals surface area contributed by atoms with Gasteiger partial charge in [0.1, 0.15) is 5.60 Å². The Bertz CT molecular complexity index is 1020. The minimum atomic E-state index is -0.535. The Morgan fingerprint density at radius 3 is 1.84 bits per heavy atom. The van der Waals surface area contributed by atoms with Gasteiger partial charge in [-0.05, 0) is 67.1 Å². The monoisotopic (exact) mass is 516 g/mol. The van der Waals surface area contributed by atoms with E-state index in [1.165, 1.54) is 4.68 Å². The molecular weight excluding hydrogens is 468 g/mol. The fourth-order valence-electron chi connectivity index (χ4n) is 5.80. The molecule has 2 aliphatic rings. The summed E-state index contributed by atoms with van der Waals surface area (Å²) in [4.78, 5) is 11.9. The molecule has 0 aromatic carbocycles.